The lowest BCUT2D eigenvalue weighted by Gasteiger charge is -2.23. The zero-order valence-electron chi connectivity index (χ0n) is 15.5. The van der Waals surface area contributed by atoms with Gasteiger partial charge in [0.1, 0.15) is 11.5 Å². The lowest BCUT2D eigenvalue weighted by molar-refractivity contribution is -0.383. The van der Waals surface area contributed by atoms with Gasteiger partial charge < -0.3 is 16.0 Å². The lowest BCUT2D eigenvalue weighted by atomic mass is 10.2. The van der Waals surface area contributed by atoms with E-state index in [1.807, 2.05) is 6.07 Å². The number of nitro groups is 1. The highest BCUT2D eigenvalue weighted by Gasteiger charge is 2.23. The third-order valence-electron chi connectivity index (χ3n) is 4.60. The quantitative estimate of drug-likeness (QED) is 0.433. The van der Waals surface area contributed by atoms with Crippen molar-refractivity contribution in [3.05, 3.63) is 40.1 Å². The van der Waals surface area contributed by atoms with Gasteiger partial charge in [0, 0.05) is 36.1 Å². The molecule has 2 heterocycles. The number of rotatable bonds is 6. The Morgan fingerprint density at radius 2 is 2.15 bits per heavy atom. The first-order valence-electron chi connectivity index (χ1n) is 8.93. The SMILES string of the molecule is CCCc1cc(N2CCC[C@H]2C)nc(Nc2ccc(N)c([N+](=O)[O-])c2)n1.Cl. The first kappa shape index (κ1) is 20.7. The zero-order chi connectivity index (χ0) is 18.7. The minimum Gasteiger partial charge on any atom is -0.393 e. The van der Waals surface area contributed by atoms with E-state index in [4.69, 9.17) is 5.73 Å². The molecule has 1 aromatic carbocycles. The first-order chi connectivity index (χ1) is 12.5. The molecule has 1 fully saturated rings. The summed E-state index contributed by atoms with van der Waals surface area (Å²) in [5.74, 6) is 1.35. The van der Waals surface area contributed by atoms with Crippen LogP contribution in [0.2, 0.25) is 0 Å². The van der Waals surface area contributed by atoms with E-state index >= 15 is 0 Å². The number of aromatic nitrogens is 2. The summed E-state index contributed by atoms with van der Waals surface area (Å²) in [5.41, 5.74) is 7.17. The van der Waals surface area contributed by atoms with Crippen LogP contribution in [0.25, 0.3) is 0 Å². The smallest absolute Gasteiger partial charge is 0.294 e. The topological polar surface area (TPSA) is 110 Å². The van der Waals surface area contributed by atoms with Crippen LogP contribution in [-0.2, 0) is 6.42 Å². The molecule has 0 spiro atoms. The number of nitrogens with two attached hydrogens (primary N) is 1. The van der Waals surface area contributed by atoms with Gasteiger partial charge in [-0.05, 0) is 38.3 Å². The molecule has 0 saturated carbocycles. The maximum atomic E-state index is 11.1. The summed E-state index contributed by atoms with van der Waals surface area (Å²) in [4.78, 5) is 22.1. The second-order valence-corrected chi connectivity index (χ2v) is 6.63. The molecular formula is C18H25ClN6O2. The molecule has 1 atom stereocenters. The van der Waals surface area contributed by atoms with Crippen molar-refractivity contribution in [2.75, 3.05) is 22.5 Å². The predicted octanol–water partition coefficient (Wildman–Crippen LogP) is 4.07. The predicted molar refractivity (Wildman–Crippen MR) is 110 cm³/mol. The first-order valence-corrected chi connectivity index (χ1v) is 8.93. The van der Waals surface area contributed by atoms with Crippen molar-refractivity contribution < 1.29 is 4.92 Å². The molecule has 3 rings (SSSR count). The van der Waals surface area contributed by atoms with E-state index in [2.05, 4.69) is 34.0 Å². The van der Waals surface area contributed by atoms with Crippen LogP contribution in [0.5, 0.6) is 0 Å². The molecular weight excluding hydrogens is 368 g/mol. The van der Waals surface area contributed by atoms with E-state index in [1.54, 1.807) is 6.07 Å². The minimum absolute atomic E-state index is 0. The van der Waals surface area contributed by atoms with E-state index < -0.39 is 4.92 Å². The number of anilines is 4. The van der Waals surface area contributed by atoms with E-state index in [9.17, 15) is 10.1 Å². The number of nitrogens with zero attached hydrogens (tertiary/aromatic N) is 4. The van der Waals surface area contributed by atoms with Gasteiger partial charge in [-0.25, -0.2) is 4.98 Å². The Hall–Kier alpha value is -2.61. The van der Waals surface area contributed by atoms with Gasteiger partial charge >= 0.3 is 0 Å². The van der Waals surface area contributed by atoms with Crippen molar-refractivity contribution >= 4 is 41.2 Å². The van der Waals surface area contributed by atoms with Crippen LogP contribution in [0.15, 0.2) is 24.3 Å². The summed E-state index contributed by atoms with van der Waals surface area (Å²) < 4.78 is 0. The molecule has 0 aliphatic carbocycles. The van der Waals surface area contributed by atoms with Gasteiger partial charge in [-0.1, -0.05) is 13.3 Å². The van der Waals surface area contributed by atoms with Gasteiger partial charge in [-0.3, -0.25) is 10.1 Å². The molecule has 1 aliphatic heterocycles. The van der Waals surface area contributed by atoms with Crippen LogP contribution in [-0.4, -0.2) is 27.5 Å². The Morgan fingerprint density at radius 1 is 1.37 bits per heavy atom. The summed E-state index contributed by atoms with van der Waals surface area (Å²) in [6.45, 7) is 5.29. The Bertz CT molecular complexity index is 816. The third kappa shape index (κ3) is 4.77. The lowest BCUT2D eigenvalue weighted by Crippen LogP contribution is -2.27. The zero-order valence-corrected chi connectivity index (χ0v) is 16.3. The highest BCUT2D eigenvalue weighted by Crippen LogP contribution is 2.29. The van der Waals surface area contributed by atoms with Crippen LogP contribution in [0.4, 0.5) is 28.8 Å². The number of nitrogens with one attached hydrogen (secondary N) is 1. The van der Waals surface area contributed by atoms with Crippen molar-refractivity contribution in [3.8, 4) is 0 Å². The number of nitrogen functional groups attached to an aromatic ring is 1. The largest absolute Gasteiger partial charge is 0.393 e. The van der Waals surface area contributed by atoms with Gasteiger partial charge in [-0.2, -0.15) is 4.98 Å². The molecule has 2 aromatic rings. The highest BCUT2D eigenvalue weighted by atomic mass is 35.5. The summed E-state index contributed by atoms with van der Waals surface area (Å²) in [6, 6.07) is 7.10. The molecule has 1 aromatic heterocycles. The van der Waals surface area contributed by atoms with E-state index in [0.29, 0.717) is 17.7 Å². The standard InChI is InChI=1S/C18H24N6O2.ClH/c1-3-5-13-11-17(23-9-4-6-12(23)2)22-18(20-13)21-14-7-8-15(19)16(10-14)24(25)26;/h7-8,10-12H,3-6,9,19H2,1-2H3,(H,20,21,22);1H/t12-;/m1./s1. The molecule has 27 heavy (non-hydrogen) atoms. The molecule has 3 N–H and O–H groups in total. The Kier molecular flexibility index (Phi) is 6.79. The molecule has 8 nitrogen and oxygen atoms in total. The van der Waals surface area contributed by atoms with Crippen molar-refractivity contribution in [1.82, 2.24) is 9.97 Å². The van der Waals surface area contributed by atoms with Gasteiger partial charge in [-0.15, -0.1) is 12.4 Å². The van der Waals surface area contributed by atoms with Crippen LogP contribution in [0.1, 0.15) is 38.8 Å². The van der Waals surface area contributed by atoms with Crippen LogP contribution < -0.4 is 16.0 Å². The van der Waals surface area contributed by atoms with Gasteiger partial charge in [0.2, 0.25) is 5.95 Å². The normalized spacial score (nSPS) is 16.1. The summed E-state index contributed by atoms with van der Waals surface area (Å²) in [6.07, 6.45) is 4.15. The number of benzene rings is 1. The molecule has 1 aliphatic rings. The number of aryl methyl sites for hydroxylation is 1. The average Bonchev–Trinajstić information content (AvgIpc) is 3.02. The number of hydrogen-bond donors (Lipinski definition) is 2. The maximum absolute atomic E-state index is 11.1. The van der Waals surface area contributed by atoms with Crippen molar-refractivity contribution in [2.45, 2.75) is 45.6 Å². The van der Waals surface area contributed by atoms with E-state index in [1.165, 1.54) is 12.1 Å². The van der Waals surface area contributed by atoms with Gasteiger partial charge in [0.05, 0.1) is 4.92 Å². The second kappa shape index (κ2) is 8.85. The molecule has 1 saturated heterocycles. The summed E-state index contributed by atoms with van der Waals surface area (Å²) in [7, 11) is 0. The fourth-order valence-electron chi connectivity index (χ4n) is 3.25. The van der Waals surface area contributed by atoms with E-state index in [-0.39, 0.29) is 23.8 Å². The van der Waals surface area contributed by atoms with Crippen molar-refractivity contribution in [1.29, 1.82) is 0 Å². The maximum Gasteiger partial charge on any atom is 0.294 e. The fraction of sp³-hybridized carbons (Fsp3) is 0.444. The number of nitro benzene ring substituents is 1. The second-order valence-electron chi connectivity index (χ2n) is 6.63. The van der Waals surface area contributed by atoms with Gasteiger partial charge in [0.25, 0.3) is 5.69 Å². The minimum atomic E-state index is -0.494. The Balaban J connectivity index is 0.00000261. The molecule has 0 bridgehead atoms. The molecule has 9 heteroatoms. The monoisotopic (exact) mass is 392 g/mol. The van der Waals surface area contributed by atoms with Crippen molar-refractivity contribution in [3.63, 3.8) is 0 Å². The number of halogens is 1. The van der Waals surface area contributed by atoms with Crippen LogP contribution in [0.3, 0.4) is 0 Å². The fourth-order valence-corrected chi connectivity index (χ4v) is 3.25. The Labute approximate surface area is 164 Å². The number of hydrogen-bond acceptors (Lipinski definition) is 7. The summed E-state index contributed by atoms with van der Waals surface area (Å²) in [5, 5.41) is 14.2. The molecule has 0 unspecified atom stereocenters. The summed E-state index contributed by atoms with van der Waals surface area (Å²) >= 11 is 0. The molecule has 0 amide bonds. The van der Waals surface area contributed by atoms with Crippen molar-refractivity contribution in [2.24, 2.45) is 0 Å². The van der Waals surface area contributed by atoms with Crippen LogP contribution in [0, 0.1) is 10.1 Å². The third-order valence-corrected chi connectivity index (χ3v) is 4.60. The average molecular weight is 393 g/mol. The van der Waals surface area contributed by atoms with Crippen LogP contribution >= 0.6 is 12.4 Å². The highest BCUT2D eigenvalue weighted by molar-refractivity contribution is 5.85. The van der Waals surface area contributed by atoms with E-state index in [0.717, 1.165) is 43.7 Å². The Morgan fingerprint density at radius 3 is 2.78 bits per heavy atom. The van der Waals surface area contributed by atoms with Gasteiger partial charge in [0.15, 0.2) is 0 Å². The molecule has 146 valence electrons. The molecule has 0 radical (unpaired) electrons.